The van der Waals surface area contributed by atoms with Crippen molar-refractivity contribution in [3.8, 4) is 5.75 Å². The number of nitrogens with one attached hydrogen (secondary N) is 1. The van der Waals surface area contributed by atoms with E-state index in [1.807, 2.05) is 29.2 Å². The lowest BCUT2D eigenvalue weighted by Gasteiger charge is -2.34. The fraction of sp³-hybridized carbons (Fsp3) is 0.588. The van der Waals surface area contributed by atoms with Crippen LogP contribution in [0.15, 0.2) is 24.3 Å². The molecule has 1 saturated heterocycles. The van der Waals surface area contributed by atoms with Gasteiger partial charge in [0.15, 0.2) is 0 Å². The summed E-state index contributed by atoms with van der Waals surface area (Å²) in [6.07, 6.45) is 3.46. The van der Waals surface area contributed by atoms with E-state index in [0.29, 0.717) is 0 Å². The third-order valence-corrected chi connectivity index (χ3v) is 3.88. The first-order chi connectivity index (χ1) is 10.2. The number of rotatable bonds is 6. The summed E-state index contributed by atoms with van der Waals surface area (Å²) in [6.45, 7) is 7.51. The number of carbonyl (C=O) groups excluding carboxylic acids is 1. The number of nitrogens with zero attached hydrogens (tertiary/aromatic N) is 1. The van der Waals surface area contributed by atoms with Crippen molar-refractivity contribution in [3.05, 3.63) is 29.8 Å². The standard InChI is InChI=1S/C17H26N2O2/c1-3-4-5-12-21-16-8-6-15(7-9-16)17(20)19-11-10-18-13-14(19)2/h6-9,14,18H,3-5,10-13H2,1-2H3. The van der Waals surface area contributed by atoms with Crippen LogP contribution in [0.1, 0.15) is 43.5 Å². The van der Waals surface area contributed by atoms with Crippen molar-refractivity contribution in [1.29, 1.82) is 0 Å². The zero-order valence-electron chi connectivity index (χ0n) is 13.1. The van der Waals surface area contributed by atoms with Gasteiger partial charge in [0.1, 0.15) is 5.75 Å². The molecule has 0 aromatic heterocycles. The first-order valence-electron chi connectivity index (χ1n) is 7.97. The average Bonchev–Trinajstić information content (AvgIpc) is 2.52. The van der Waals surface area contributed by atoms with Gasteiger partial charge in [0.25, 0.3) is 5.91 Å². The summed E-state index contributed by atoms with van der Waals surface area (Å²) in [4.78, 5) is 14.4. The monoisotopic (exact) mass is 290 g/mol. The molecule has 1 N–H and O–H groups in total. The molecule has 116 valence electrons. The van der Waals surface area contributed by atoms with Gasteiger partial charge >= 0.3 is 0 Å². The maximum Gasteiger partial charge on any atom is 0.254 e. The minimum Gasteiger partial charge on any atom is -0.494 e. The Bertz CT molecular complexity index is 445. The minimum atomic E-state index is 0.113. The predicted octanol–water partition coefficient (Wildman–Crippen LogP) is 2.69. The van der Waals surface area contributed by atoms with Gasteiger partial charge in [-0.3, -0.25) is 4.79 Å². The number of benzene rings is 1. The van der Waals surface area contributed by atoms with Crippen molar-refractivity contribution in [1.82, 2.24) is 10.2 Å². The third kappa shape index (κ3) is 4.46. The molecular weight excluding hydrogens is 264 g/mol. The molecule has 0 saturated carbocycles. The van der Waals surface area contributed by atoms with E-state index in [-0.39, 0.29) is 11.9 Å². The van der Waals surface area contributed by atoms with E-state index in [1.54, 1.807) is 0 Å². The average molecular weight is 290 g/mol. The fourth-order valence-corrected chi connectivity index (χ4v) is 2.54. The highest BCUT2D eigenvalue weighted by atomic mass is 16.5. The molecule has 4 nitrogen and oxygen atoms in total. The molecule has 1 amide bonds. The molecule has 0 bridgehead atoms. The SMILES string of the molecule is CCCCCOc1ccc(C(=O)N2CCNCC2C)cc1. The van der Waals surface area contributed by atoms with Gasteiger partial charge in [-0.25, -0.2) is 0 Å². The van der Waals surface area contributed by atoms with Crippen molar-refractivity contribution >= 4 is 5.91 Å². The smallest absolute Gasteiger partial charge is 0.254 e. The molecular formula is C17H26N2O2. The molecule has 1 heterocycles. The maximum absolute atomic E-state index is 12.5. The Morgan fingerprint density at radius 3 is 2.76 bits per heavy atom. The molecule has 1 unspecified atom stereocenters. The summed E-state index contributed by atoms with van der Waals surface area (Å²) in [5, 5.41) is 3.30. The van der Waals surface area contributed by atoms with Gasteiger partial charge in [0.05, 0.1) is 6.61 Å². The van der Waals surface area contributed by atoms with Crippen LogP contribution in [0.5, 0.6) is 5.75 Å². The van der Waals surface area contributed by atoms with E-state index >= 15 is 0 Å². The van der Waals surface area contributed by atoms with E-state index in [9.17, 15) is 4.79 Å². The van der Waals surface area contributed by atoms with Crippen LogP contribution in [0.4, 0.5) is 0 Å². The van der Waals surface area contributed by atoms with Gasteiger partial charge in [0.2, 0.25) is 0 Å². The second-order valence-electron chi connectivity index (χ2n) is 5.63. The normalized spacial score (nSPS) is 18.6. The Morgan fingerprint density at radius 1 is 1.33 bits per heavy atom. The van der Waals surface area contributed by atoms with Gasteiger partial charge in [-0.05, 0) is 37.6 Å². The summed E-state index contributed by atoms with van der Waals surface area (Å²) in [5.41, 5.74) is 0.740. The first kappa shape index (κ1) is 15.8. The molecule has 1 atom stereocenters. The molecule has 1 aromatic rings. The van der Waals surface area contributed by atoms with Crippen molar-refractivity contribution in [2.45, 2.75) is 39.2 Å². The molecule has 1 aliphatic heterocycles. The number of hydrogen-bond donors (Lipinski definition) is 1. The zero-order chi connectivity index (χ0) is 15.1. The number of carbonyl (C=O) groups is 1. The van der Waals surface area contributed by atoms with Crippen molar-refractivity contribution in [2.75, 3.05) is 26.2 Å². The number of ether oxygens (including phenoxy) is 1. The van der Waals surface area contributed by atoms with E-state index in [0.717, 1.165) is 44.0 Å². The van der Waals surface area contributed by atoms with Crippen LogP contribution in [0.25, 0.3) is 0 Å². The molecule has 2 rings (SSSR count). The Labute approximate surface area is 127 Å². The second kappa shape index (κ2) is 8.03. The lowest BCUT2D eigenvalue weighted by Crippen LogP contribution is -2.52. The van der Waals surface area contributed by atoms with E-state index in [1.165, 1.54) is 12.8 Å². The Hall–Kier alpha value is -1.55. The molecule has 1 aromatic carbocycles. The number of piperazine rings is 1. The van der Waals surface area contributed by atoms with E-state index in [4.69, 9.17) is 4.74 Å². The largest absolute Gasteiger partial charge is 0.494 e. The molecule has 1 fully saturated rings. The van der Waals surface area contributed by atoms with Gasteiger partial charge < -0.3 is 15.0 Å². The zero-order valence-corrected chi connectivity index (χ0v) is 13.1. The van der Waals surface area contributed by atoms with E-state index in [2.05, 4.69) is 19.2 Å². The maximum atomic E-state index is 12.5. The summed E-state index contributed by atoms with van der Waals surface area (Å²) < 4.78 is 5.67. The van der Waals surface area contributed by atoms with Crippen LogP contribution in [0, 0.1) is 0 Å². The van der Waals surface area contributed by atoms with Crippen LogP contribution in [0.2, 0.25) is 0 Å². The number of hydrogen-bond acceptors (Lipinski definition) is 3. The summed E-state index contributed by atoms with van der Waals surface area (Å²) in [7, 11) is 0. The number of amides is 1. The highest BCUT2D eigenvalue weighted by Gasteiger charge is 2.23. The van der Waals surface area contributed by atoms with Crippen LogP contribution < -0.4 is 10.1 Å². The first-order valence-corrected chi connectivity index (χ1v) is 7.97. The minimum absolute atomic E-state index is 0.113. The van der Waals surface area contributed by atoms with Gasteiger partial charge in [-0.2, -0.15) is 0 Å². The Kier molecular flexibility index (Phi) is 6.05. The molecule has 4 heteroatoms. The van der Waals surface area contributed by atoms with Crippen molar-refractivity contribution < 1.29 is 9.53 Å². The lowest BCUT2D eigenvalue weighted by atomic mass is 10.1. The Morgan fingerprint density at radius 2 is 2.10 bits per heavy atom. The van der Waals surface area contributed by atoms with Gasteiger partial charge in [-0.1, -0.05) is 19.8 Å². The second-order valence-corrected chi connectivity index (χ2v) is 5.63. The fourth-order valence-electron chi connectivity index (χ4n) is 2.54. The highest BCUT2D eigenvalue weighted by Crippen LogP contribution is 2.16. The van der Waals surface area contributed by atoms with Gasteiger partial charge in [-0.15, -0.1) is 0 Å². The van der Waals surface area contributed by atoms with Crippen LogP contribution in [-0.4, -0.2) is 43.1 Å². The van der Waals surface area contributed by atoms with Gasteiger partial charge in [0, 0.05) is 31.2 Å². The molecule has 1 aliphatic rings. The molecule has 21 heavy (non-hydrogen) atoms. The van der Waals surface area contributed by atoms with Crippen LogP contribution in [-0.2, 0) is 0 Å². The lowest BCUT2D eigenvalue weighted by molar-refractivity contribution is 0.0655. The summed E-state index contributed by atoms with van der Waals surface area (Å²) in [6, 6.07) is 7.77. The molecule has 0 radical (unpaired) electrons. The van der Waals surface area contributed by atoms with Crippen molar-refractivity contribution in [3.63, 3.8) is 0 Å². The van der Waals surface area contributed by atoms with Crippen molar-refractivity contribution in [2.24, 2.45) is 0 Å². The number of unbranched alkanes of at least 4 members (excludes halogenated alkanes) is 2. The topological polar surface area (TPSA) is 41.6 Å². The summed E-state index contributed by atoms with van der Waals surface area (Å²) >= 11 is 0. The summed E-state index contributed by atoms with van der Waals surface area (Å²) in [5.74, 6) is 0.956. The quantitative estimate of drug-likeness (QED) is 0.819. The van der Waals surface area contributed by atoms with E-state index < -0.39 is 0 Å². The van der Waals surface area contributed by atoms with Crippen LogP contribution >= 0.6 is 0 Å². The molecule has 0 aliphatic carbocycles. The van der Waals surface area contributed by atoms with Crippen LogP contribution in [0.3, 0.4) is 0 Å². The third-order valence-electron chi connectivity index (χ3n) is 3.88. The predicted molar refractivity (Wildman–Crippen MR) is 84.8 cm³/mol. The Balaban J connectivity index is 1.90. The molecule has 0 spiro atoms. The highest BCUT2D eigenvalue weighted by molar-refractivity contribution is 5.94.